The van der Waals surface area contributed by atoms with Crippen LogP contribution in [0.4, 0.5) is 11.4 Å². The molecule has 6 heteroatoms. The highest BCUT2D eigenvalue weighted by Crippen LogP contribution is 2.20. The second kappa shape index (κ2) is 8.14. The number of nitrogens with one attached hydrogen (secondary N) is 2. The molecule has 0 saturated heterocycles. The first-order valence-corrected chi connectivity index (χ1v) is 7.04. The van der Waals surface area contributed by atoms with E-state index in [9.17, 15) is 9.59 Å². The fourth-order valence-corrected chi connectivity index (χ4v) is 1.77. The molecule has 116 valence electrons. The van der Waals surface area contributed by atoms with Crippen LogP contribution in [0.5, 0.6) is 0 Å². The van der Waals surface area contributed by atoms with Gasteiger partial charge < -0.3 is 21.1 Å². The minimum Gasteiger partial charge on any atom is -0.462 e. The van der Waals surface area contributed by atoms with E-state index in [0.717, 1.165) is 0 Å². The van der Waals surface area contributed by atoms with Gasteiger partial charge in [0.25, 0.3) is 0 Å². The summed E-state index contributed by atoms with van der Waals surface area (Å²) in [7, 11) is 0. The van der Waals surface area contributed by atoms with Gasteiger partial charge in [0, 0.05) is 19.0 Å². The van der Waals surface area contributed by atoms with Crippen molar-refractivity contribution in [1.29, 1.82) is 0 Å². The van der Waals surface area contributed by atoms with Crippen molar-refractivity contribution >= 4 is 23.3 Å². The van der Waals surface area contributed by atoms with Gasteiger partial charge in [0.2, 0.25) is 5.91 Å². The van der Waals surface area contributed by atoms with E-state index in [1.807, 2.05) is 13.8 Å². The summed E-state index contributed by atoms with van der Waals surface area (Å²) >= 11 is 0. The molecule has 0 bridgehead atoms. The van der Waals surface area contributed by atoms with Gasteiger partial charge in [-0.15, -0.1) is 0 Å². The minimum absolute atomic E-state index is 0.0146. The number of ether oxygens (including phenoxy) is 1. The van der Waals surface area contributed by atoms with E-state index < -0.39 is 5.97 Å². The lowest BCUT2D eigenvalue weighted by molar-refractivity contribution is -0.121. The average molecular weight is 293 g/mol. The van der Waals surface area contributed by atoms with E-state index in [0.29, 0.717) is 36.5 Å². The molecule has 0 atom stereocenters. The zero-order valence-corrected chi connectivity index (χ0v) is 12.7. The molecule has 21 heavy (non-hydrogen) atoms. The minimum atomic E-state index is -0.396. The SMILES string of the molecule is CCOC(=O)c1ccc(NCCC(=O)NC(C)C)c(N)c1. The zero-order valence-electron chi connectivity index (χ0n) is 12.7. The Morgan fingerprint density at radius 1 is 1.33 bits per heavy atom. The molecule has 0 heterocycles. The van der Waals surface area contributed by atoms with E-state index >= 15 is 0 Å². The van der Waals surface area contributed by atoms with Gasteiger partial charge in [-0.2, -0.15) is 0 Å². The molecule has 1 aromatic carbocycles. The molecular formula is C15H23N3O3. The third-order valence-corrected chi connectivity index (χ3v) is 2.68. The normalized spacial score (nSPS) is 10.3. The Bertz CT molecular complexity index is 501. The Morgan fingerprint density at radius 3 is 2.62 bits per heavy atom. The number of amides is 1. The zero-order chi connectivity index (χ0) is 15.8. The summed E-state index contributed by atoms with van der Waals surface area (Å²) in [5.41, 5.74) is 7.44. The molecule has 0 saturated carbocycles. The molecular weight excluding hydrogens is 270 g/mol. The van der Waals surface area contributed by atoms with Crippen LogP contribution in [-0.2, 0) is 9.53 Å². The van der Waals surface area contributed by atoms with Gasteiger partial charge in [-0.25, -0.2) is 4.79 Å². The van der Waals surface area contributed by atoms with E-state index in [2.05, 4.69) is 10.6 Å². The molecule has 0 spiro atoms. The predicted molar refractivity (Wildman–Crippen MR) is 83.2 cm³/mol. The monoisotopic (exact) mass is 293 g/mol. The van der Waals surface area contributed by atoms with Crippen molar-refractivity contribution < 1.29 is 14.3 Å². The molecule has 0 aromatic heterocycles. The third-order valence-electron chi connectivity index (χ3n) is 2.68. The van der Waals surface area contributed by atoms with Crippen molar-refractivity contribution in [2.24, 2.45) is 0 Å². The molecule has 0 radical (unpaired) electrons. The Kier molecular flexibility index (Phi) is 6.52. The summed E-state index contributed by atoms with van der Waals surface area (Å²) in [5, 5.41) is 5.89. The maximum Gasteiger partial charge on any atom is 0.338 e. The summed E-state index contributed by atoms with van der Waals surface area (Å²) in [6.07, 6.45) is 0.358. The van der Waals surface area contributed by atoms with Crippen LogP contribution < -0.4 is 16.4 Å². The maximum absolute atomic E-state index is 11.6. The van der Waals surface area contributed by atoms with Crippen LogP contribution in [0.25, 0.3) is 0 Å². The fourth-order valence-electron chi connectivity index (χ4n) is 1.77. The van der Waals surface area contributed by atoms with Crippen molar-refractivity contribution in [3.05, 3.63) is 23.8 Å². The van der Waals surface area contributed by atoms with Crippen molar-refractivity contribution in [1.82, 2.24) is 5.32 Å². The van der Waals surface area contributed by atoms with E-state index in [1.165, 1.54) is 0 Å². The second-order valence-electron chi connectivity index (χ2n) is 4.92. The lowest BCUT2D eigenvalue weighted by Gasteiger charge is -2.12. The van der Waals surface area contributed by atoms with E-state index in [1.54, 1.807) is 25.1 Å². The number of nitrogens with two attached hydrogens (primary N) is 1. The molecule has 6 nitrogen and oxygen atoms in total. The van der Waals surface area contributed by atoms with Crippen molar-refractivity contribution in [3.63, 3.8) is 0 Å². The number of carbonyl (C=O) groups is 2. The van der Waals surface area contributed by atoms with Gasteiger partial charge in [-0.1, -0.05) is 0 Å². The number of hydrogen-bond donors (Lipinski definition) is 3. The molecule has 0 aliphatic rings. The molecule has 0 aliphatic heterocycles. The highest BCUT2D eigenvalue weighted by Gasteiger charge is 2.09. The molecule has 0 fully saturated rings. The Morgan fingerprint density at radius 2 is 2.05 bits per heavy atom. The maximum atomic E-state index is 11.6. The van der Waals surface area contributed by atoms with Gasteiger partial charge >= 0.3 is 5.97 Å². The van der Waals surface area contributed by atoms with Crippen LogP contribution >= 0.6 is 0 Å². The Balaban J connectivity index is 2.53. The average Bonchev–Trinajstić information content (AvgIpc) is 2.40. The number of rotatable bonds is 7. The predicted octanol–water partition coefficient (Wildman–Crippen LogP) is 1.77. The molecule has 0 aliphatic carbocycles. The van der Waals surface area contributed by atoms with Crippen LogP contribution in [0, 0.1) is 0 Å². The number of esters is 1. The van der Waals surface area contributed by atoms with Crippen molar-refractivity contribution in [2.75, 3.05) is 24.2 Å². The van der Waals surface area contributed by atoms with Gasteiger partial charge in [0.15, 0.2) is 0 Å². The fraction of sp³-hybridized carbons (Fsp3) is 0.467. The first kappa shape index (κ1) is 16.8. The van der Waals surface area contributed by atoms with Crippen molar-refractivity contribution in [2.45, 2.75) is 33.2 Å². The summed E-state index contributed by atoms with van der Waals surface area (Å²) in [6.45, 7) is 6.37. The Labute approximate surface area is 125 Å². The number of nitrogen functional groups attached to an aromatic ring is 1. The molecule has 1 rings (SSSR count). The number of carbonyl (C=O) groups excluding carboxylic acids is 2. The summed E-state index contributed by atoms with van der Waals surface area (Å²) in [4.78, 5) is 23.1. The largest absolute Gasteiger partial charge is 0.462 e. The van der Waals surface area contributed by atoms with Crippen molar-refractivity contribution in [3.8, 4) is 0 Å². The van der Waals surface area contributed by atoms with Crippen LogP contribution in [-0.4, -0.2) is 31.1 Å². The van der Waals surface area contributed by atoms with Gasteiger partial charge in [0.05, 0.1) is 23.5 Å². The third kappa shape index (κ3) is 5.72. The second-order valence-corrected chi connectivity index (χ2v) is 4.92. The van der Waals surface area contributed by atoms with Crippen LogP contribution in [0.3, 0.4) is 0 Å². The van der Waals surface area contributed by atoms with Gasteiger partial charge in [0.1, 0.15) is 0 Å². The summed E-state index contributed by atoms with van der Waals surface area (Å²) < 4.78 is 4.90. The topological polar surface area (TPSA) is 93.4 Å². The summed E-state index contributed by atoms with van der Waals surface area (Å²) in [5.74, 6) is -0.411. The van der Waals surface area contributed by atoms with Gasteiger partial charge in [-0.3, -0.25) is 4.79 Å². The standard InChI is InChI=1S/C15H23N3O3/c1-4-21-15(20)11-5-6-13(12(16)9-11)17-8-7-14(19)18-10(2)3/h5-6,9-10,17H,4,7-8,16H2,1-3H3,(H,18,19). The lowest BCUT2D eigenvalue weighted by atomic mass is 10.1. The number of hydrogen-bond acceptors (Lipinski definition) is 5. The van der Waals surface area contributed by atoms with Crippen LogP contribution in [0.2, 0.25) is 0 Å². The molecule has 1 aromatic rings. The number of benzene rings is 1. The summed E-state index contributed by atoms with van der Waals surface area (Å²) in [6, 6.07) is 5.05. The smallest absolute Gasteiger partial charge is 0.338 e. The van der Waals surface area contributed by atoms with Crippen LogP contribution in [0.15, 0.2) is 18.2 Å². The highest BCUT2D eigenvalue weighted by atomic mass is 16.5. The van der Waals surface area contributed by atoms with E-state index in [4.69, 9.17) is 10.5 Å². The molecule has 0 unspecified atom stereocenters. The number of anilines is 2. The van der Waals surface area contributed by atoms with Crippen LogP contribution in [0.1, 0.15) is 37.6 Å². The Hall–Kier alpha value is -2.24. The molecule has 4 N–H and O–H groups in total. The highest BCUT2D eigenvalue weighted by molar-refractivity contribution is 5.92. The van der Waals surface area contributed by atoms with Gasteiger partial charge in [-0.05, 0) is 39.0 Å². The lowest BCUT2D eigenvalue weighted by Crippen LogP contribution is -2.31. The molecule has 1 amide bonds. The first-order valence-electron chi connectivity index (χ1n) is 7.04. The van der Waals surface area contributed by atoms with E-state index in [-0.39, 0.29) is 11.9 Å². The first-order chi connectivity index (χ1) is 9.93. The quantitative estimate of drug-likeness (QED) is 0.526.